The van der Waals surface area contributed by atoms with Crippen molar-refractivity contribution in [3.05, 3.63) is 28.8 Å². The number of urea groups is 1. The van der Waals surface area contributed by atoms with Crippen molar-refractivity contribution in [2.75, 3.05) is 18.4 Å². The number of nitrogens with one attached hydrogen (secondary N) is 1. The number of aliphatic imine (C=N–C) groups is 1. The number of hydrogen-bond donors (Lipinski definition) is 1. The molecule has 2 amide bonds. The van der Waals surface area contributed by atoms with Gasteiger partial charge >= 0.3 is 6.03 Å². The first-order chi connectivity index (χ1) is 7.25. The average Bonchev–Trinajstić information content (AvgIpc) is 2.69. The van der Waals surface area contributed by atoms with Crippen molar-refractivity contribution in [3.8, 4) is 0 Å². The van der Waals surface area contributed by atoms with E-state index in [9.17, 15) is 4.79 Å². The fourth-order valence-electron chi connectivity index (χ4n) is 1.87. The fourth-order valence-corrected chi connectivity index (χ4v) is 2.04. The van der Waals surface area contributed by atoms with Gasteiger partial charge in [-0.3, -0.25) is 9.89 Å². The molecule has 15 heavy (non-hydrogen) atoms. The smallest absolute Gasteiger partial charge is 0.307 e. The lowest BCUT2D eigenvalue weighted by Gasteiger charge is -2.26. The van der Waals surface area contributed by atoms with E-state index in [0.717, 1.165) is 17.1 Å². The number of benzene rings is 1. The number of amidine groups is 1. The summed E-state index contributed by atoms with van der Waals surface area (Å²) in [4.78, 5) is 17.6. The van der Waals surface area contributed by atoms with Gasteiger partial charge in [-0.05, 0) is 18.2 Å². The van der Waals surface area contributed by atoms with Gasteiger partial charge in [0, 0.05) is 17.1 Å². The number of rotatable bonds is 0. The number of nitrogens with zero attached hydrogens (tertiary/aromatic N) is 2. The van der Waals surface area contributed by atoms with E-state index in [1.165, 1.54) is 0 Å². The van der Waals surface area contributed by atoms with Gasteiger partial charge in [0.1, 0.15) is 5.84 Å². The maximum atomic E-state index is 11.6. The van der Waals surface area contributed by atoms with Gasteiger partial charge in [0.25, 0.3) is 0 Å². The number of anilines is 1. The lowest BCUT2D eigenvalue weighted by atomic mass is 10.1. The molecular weight excluding hydrogens is 214 g/mol. The third kappa shape index (κ3) is 1.22. The van der Waals surface area contributed by atoms with E-state index in [0.29, 0.717) is 18.1 Å². The Balaban J connectivity index is 2.20. The molecule has 0 spiro atoms. The van der Waals surface area contributed by atoms with Crippen molar-refractivity contribution in [2.45, 2.75) is 0 Å². The second kappa shape index (κ2) is 2.97. The maximum absolute atomic E-state index is 11.6. The Hall–Kier alpha value is -1.55. The molecule has 4 nitrogen and oxygen atoms in total. The molecule has 3 rings (SSSR count). The third-order valence-electron chi connectivity index (χ3n) is 2.55. The molecule has 0 fully saturated rings. The minimum Gasteiger partial charge on any atom is -0.307 e. The minimum atomic E-state index is -0.110. The summed E-state index contributed by atoms with van der Waals surface area (Å²) in [5, 5.41) is 3.46. The molecule has 0 aliphatic carbocycles. The van der Waals surface area contributed by atoms with Crippen molar-refractivity contribution in [2.24, 2.45) is 4.99 Å². The standard InChI is InChI=1S/C10H8ClN3O/c11-6-1-2-8-7(5-6)9-12-3-4-14(9)10(15)13-8/h1-2,5H,3-4H2,(H,13,15). The molecular formula is C10H8ClN3O. The molecule has 0 radical (unpaired) electrons. The minimum absolute atomic E-state index is 0.110. The highest BCUT2D eigenvalue weighted by molar-refractivity contribution is 6.31. The SMILES string of the molecule is O=C1Nc2ccc(Cl)cc2C2=NCCN12. The molecule has 1 aromatic rings. The highest BCUT2D eigenvalue weighted by atomic mass is 35.5. The lowest BCUT2D eigenvalue weighted by molar-refractivity contribution is 0.235. The maximum Gasteiger partial charge on any atom is 0.327 e. The Morgan fingerprint density at radius 1 is 1.47 bits per heavy atom. The summed E-state index contributed by atoms with van der Waals surface area (Å²) in [5.74, 6) is 0.733. The molecule has 0 atom stereocenters. The van der Waals surface area contributed by atoms with E-state index in [1.54, 1.807) is 17.0 Å². The zero-order valence-corrected chi connectivity index (χ0v) is 8.58. The number of hydrogen-bond acceptors (Lipinski definition) is 2. The zero-order valence-electron chi connectivity index (χ0n) is 7.83. The first kappa shape index (κ1) is 8.73. The zero-order chi connectivity index (χ0) is 10.4. The summed E-state index contributed by atoms with van der Waals surface area (Å²) < 4.78 is 0. The van der Waals surface area contributed by atoms with Crippen LogP contribution in [0.3, 0.4) is 0 Å². The molecule has 0 unspecified atom stereocenters. The molecule has 0 saturated heterocycles. The largest absolute Gasteiger partial charge is 0.327 e. The van der Waals surface area contributed by atoms with E-state index >= 15 is 0 Å². The monoisotopic (exact) mass is 221 g/mol. The topological polar surface area (TPSA) is 44.7 Å². The summed E-state index contributed by atoms with van der Waals surface area (Å²) >= 11 is 5.92. The van der Waals surface area contributed by atoms with Crippen LogP contribution in [0.5, 0.6) is 0 Å². The number of carbonyl (C=O) groups is 1. The molecule has 1 N–H and O–H groups in total. The summed E-state index contributed by atoms with van der Waals surface area (Å²) in [6.07, 6.45) is 0. The van der Waals surface area contributed by atoms with E-state index in [2.05, 4.69) is 10.3 Å². The van der Waals surface area contributed by atoms with E-state index < -0.39 is 0 Å². The van der Waals surface area contributed by atoms with Gasteiger partial charge in [-0.1, -0.05) is 11.6 Å². The van der Waals surface area contributed by atoms with Crippen LogP contribution in [0, 0.1) is 0 Å². The Kier molecular flexibility index (Phi) is 1.73. The van der Waals surface area contributed by atoms with Gasteiger partial charge in [0.05, 0.1) is 12.2 Å². The van der Waals surface area contributed by atoms with Crippen LogP contribution in [0.1, 0.15) is 5.56 Å². The Morgan fingerprint density at radius 2 is 2.33 bits per heavy atom. The van der Waals surface area contributed by atoms with Crippen molar-refractivity contribution in [1.82, 2.24) is 4.90 Å². The molecule has 76 valence electrons. The Morgan fingerprint density at radius 3 is 3.20 bits per heavy atom. The molecule has 2 aliphatic rings. The van der Waals surface area contributed by atoms with Crippen LogP contribution in [-0.4, -0.2) is 29.9 Å². The van der Waals surface area contributed by atoms with Crippen LogP contribution in [0.15, 0.2) is 23.2 Å². The summed E-state index contributed by atoms with van der Waals surface area (Å²) in [7, 11) is 0. The quantitative estimate of drug-likeness (QED) is 0.715. The van der Waals surface area contributed by atoms with Crippen LogP contribution in [0.4, 0.5) is 10.5 Å². The van der Waals surface area contributed by atoms with Crippen LogP contribution < -0.4 is 5.32 Å². The van der Waals surface area contributed by atoms with Gasteiger partial charge in [-0.15, -0.1) is 0 Å². The highest BCUT2D eigenvalue weighted by Crippen LogP contribution is 2.28. The van der Waals surface area contributed by atoms with Gasteiger partial charge in [0.15, 0.2) is 0 Å². The van der Waals surface area contributed by atoms with Gasteiger partial charge < -0.3 is 5.32 Å². The number of halogens is 1. The van der Waals surface area contributed by atoms with Gasteiger partial charge in [-0.25, -0.2) is 4.79 Å². The molecule has 0 bridgehead atoms. The predicted octanol–water partition coefficient (Wildman–Crippen LogP) is 1.95. The lowest BCUT2D eigenvalue weighted by Crippen LogP contribution is -2.42. The Bertz CT molecular complexity index is 484. The average molecular weight is 222 g/mol. The van der Waals surface area contributed by atoms with E-state index in [-0.39, 0.29) is 6.03 Å². The third-order valence-corrected chi connectivity index (χ3v) is 2.79. The molecule has 5 heteroatoms. The predicted molar refractivity (Wildman–Crippen MR) is 58.6 cm³/mol. The Labute approximate surface area is 91.5 Å². The summed E-state index contributed by atoms with van der Waals surface area (Å²) in [6, 6.07) is 5.27. The molecule has 1 aromatic carbocycles. The number of fused-ring (bicyclic) bond motifs is 3. The first-order valence-electron chi connectivity index (χ1n) is 4.68. The fraction of sp³-hybridized carbons (Fsp3) is 0.200. The normalized spacial score (nSPS) is 18.1. The number of carbonyl (C=O) groups excluding carboxylic acids is 1. The first-order valence-corrected chi connectivity index (χ1v) is 5.06. The second-order valence-corrected chi connectivity index (χ2v) is 3.91. The summed E-state index contributed by atoms with van der Waals surface area (Å²) in [5.41, 5.74) is 1.68. The highest BCUT2D eigenvalue weighted by Gasteiger charge is 2.31. The van der Waals surface area contributed by atoms with E-state index in [1.807, 2.05) is 6.07 Å². The van der Waals surface area contributed by atoms with Crippen LogP contribution in [0.25, 0.3) is 0 Å². The second-order valence-electron chi connectivity index (χ2n) is 3.48. The van der Waals surface area contributed by atoms with Crippen molar-refractivity contribution in [3.63, 3.8) is 0 Å². The molecule has 0 aromatic heterocycles. The van der Waals surface area contributed by atoms with Crippen LogP contribution in [0.2, 0.25) is 5.02 Å². The molecule has 2 heterocycles. The summed E-state index contributed by atoms with van der Waals surface area (Å²) in [6.45, 7) is 1.31. The van der Waals surface area contributed by atoms with Crippen molar-refractivity contribution < 1.29 is 4.79 Å². The van der Waals surface area contributed by atoms with Crippen molar-refractivity contribution >= 4 is 29.2 Å². The van der Waals surface area contributed by atoms with Gasteiger partial charge in [-0.2, -0.15) is 0 Å². The van der Waals surface area contributed by atoms with E-state index in [4.69, 9.17) is 11.6 Å². The van der Waals surface area contributed by atoms with Crippen molar-refractivity contribution in [1.29, 1.82) is 0 Å². The number of amides is 2. The molecule has 0 saturated carbocycles. The molecule has 2 aliphatic heterocycles. The van der Waals surface area contributed by atoms with Gasteiger partial charge in [0.2, 0.25) is 0 Å². The van der Waals surface area contributed by atoms with Crippen LogP contribution in [-0.2, 0) is 0 Å². The van der Waals surface area contributed by atoms with Crippen LogP contribution >= 0.6 is 11.6 Å².